The van der Waals surface area contributed by atoms with Gasteiger partial charge in [0.25, 0.3) is 0 Å². The van der Waals surface area contributed by atoms with E-state index in [1.165, 1.54) is 6.08 Å². The predicted molar refractivity (Wildman–Crippen MR) is 152 cm³/mol. The number of carbonyl (C=O) groups is 7. The molecule has 0 aliphatic rings. The van der Waals surface area contributed by atoms with Crippen LogP contribution in [-0.2, 0) is 43.0 Å². The van der Waals surface area contributed by atoms with Crippen LogP contribution in [0.4, 0.5) is 0 Å². The molecule has 0 aliphatic carbocycles. The Morgan fingerprint density at radius 1 is 0.927 bits per heavy atom. The van der Waals surface area contributed by atoms with Crippen LogP contribution in [0, 0.1) is 11.3 Å². The van der Waals surface area contributed by atoms with Crippen LogP contribution in [0.15, 0.2) is 12.7 Å². The number of amides is 3. The molecule has 15 nitrogen and oxygen atoms in total. The third-order valence-electron chi connectivity index (χ3n) is 4.87. The minimum atomic E-state index is -1.22. The Morgan fingerprint density at radius 3 is 1.98 bits per heavy atom. The molecule has 0 saturated carbocycles. The van der Waals surface area contributed by atoms with E-state index in [1.54, 1.807) is 13.8 Å². The zero-order chi connectivity index (χ0) is 32.2. The Balaban J connectivity index is -0.00000219. The molecule has 41 heavy (non-hydrogen) atoms. The fourth-order valence-electron chi connectivity index (χ4n) is 2.81. The highest BCUT2D eigenvalue weighted by Gasteiger charge is 2.28. The highest BCUT2D eigenvalue weighted by atomic mass is 16.5. The van der Waals surface area contributed by atoms with Gasteiger partial charge in [-0.1, -0.05) is 19.6 Å². The summed E-state index contributed by atoms with van der Waals surface area (Å²) in [7, 11) is 3.75. The van der Waals surface area contributed by atoms with Crippen LogP contribution >= 0.6 is 0 Å². The second kappa shape index (κ2) is 27.6. The zero-order valence-electron chi connectivity index (χ0n) is 24.4. The van der Waals surface area contributed by atoms with Crippen molar-refractivity contribution in [2.45, 2.75) is 64.5 Å². The van der Waals surface area contributed by atoms with E-state index < -0.39 is 47.5 Å². The molecule has 0 radical (unpaired) electrons. The van der Waals surface area contributed by atoms with Gasteiger partial charge < -0.3 is 42.3 Å². The second-order valence-electron chi connectivity index (χ2n) is 8.36. The number of hydrogen-bond acceptors (Lipinski definition) is 12. The minimum Gasteiger partial charge on any atom is -0.466 e. The van der Waals surface area contributed by atoms with Crippen LogP contribution in [0.1, 0.15) is 52.4 Å². The summed E-state index contributed by atoms with van der Waals surface area (Å²) in [6, 6.07) is -2.40. The smallest absolute Gasteiger partial charge is 0.328 e. The molecule has 0 bridgehead atoms. The van der Waals surface area contributed by atoms with Crippen LogP contribution in [0.5, 0.6) is 0 Å². The summed E-state index contributed by atoms with van der Waals surface area (Å²) in [6.07, 6.45) is 1.81. The molecule has 0 aromatic rings. The molecule has 234 valence electrons. The monoisotopic (exact) mass is 586 g/mol. The van der Waals surface area contributed by atoms with Crippen LogP contribution in [-0.4, -0.2) is 93.9 Å². The molecule has 0 spiro atoms. The molecule has 0 fully saturated rings. The van der Waals surface area contributed by atoms with Crippen LogP contribution in [0.25, 0.3) is 0 Å². The van der Waals surface area contributed by atoms with Crippen LogP contribution in [0.3, 0.4) is 0 Å². The van der Waals surface area contributed by atoms with E-state index in [2.05, 4.69) is 28.3 Å². The molecule has 3 amide bonds. The van der Waals surface area contributed by atoms with E-state index >= 15 is 0 Å². The van der Waals surface area contributed by atoms with E-state index in [-0.39, 0.29) is 70.5 Å². The molecule has 0 rings (SSSR count). The number of nitrogens with two attached hydrogens (primary N) is 2. The van der Waals surface area contributed by atoms with Gasteiger partial charge in [-0.05, 0) is 40.3 Å². The summed E-state index contributed by atoms with van der Waals surface area (Å²) in [5.74, 6) is -3.95. The summed E-state index contributed by atoms with van der Waals surface area (Å²) >= 11 is 0. The molecule has 0 heterocycles. The third-order valence-corrected chi connectivity index (χ3v) is 4.87. The van der Waals surface area contributed by atoms with Crippen molar-refractivity contribution in [1.29, 1.82) is 5.41 Å². The van der Waals surface area contributed by atoms with E-state index in [9.17, 15) is 28.8 Å². The summed E-state index contributed by atoms with van der Waals surface area (Å²) in [5.41, 5.74) is 9.48. The Kier molecular flexibility index (Phi) is 27.9. The number of ether oxygens (including phenoxy) is 2. The van der Waals surface area contributed by atoms with Crippen molar-refractivity contribution >= 4 is 47.9 Å². The molecular formula is C26H46N6O9. The highest BCUT2D eigenvalue weighted by Crippen LogP contribution is 2.09. The lowest BCUT2D eigenvalue weighted by molar-refractivity contribution is -0.148. The molecule has 0 aliphatic heterocycles. The topological polar surface area (TPSA) is 250 Å². The molecule has 15 heteroatoms. The first-order chi connectivity index (χ1) is 19.4. The van der Waals surface area contributed by atoms with Gasteiger partial charge in [-0.15, -0.1) is 0 Å². The molecule has 3 atom stereocenters. The summed E-state index contributed by atoms with van der Waals surface area (Å²) in [4.78, 5) is 81.2. The number of rotatable bonds is 19. The largest absolute Gasteiger partial charge is 0.466 e. The average Bonchev–Trinajstić information content (AvgIpc) is 2.94. The Hall–Kier alpha value is -3.98. The van der Waals surface area contributed by atoms with Crippen molar-refractivity contribution in [2.75, 3.05) is 33.9 Å². The van der Waals surface area contributed by atoms with Crippen LogP contribution in [0.2, 0.25) is 0 Å². The number of esters is 2. The van der Waals surface area contributed by atoms with E-state index in [4.69, 9.17) is 25.4 Å². The third kappa shape index (κ3) is 23.6. The number of carbonyl (C=O) groups excluding carboxylic acids is 7. The Bertz CT molecular complexity index is 851. The number of Topliss-reactive ketones (excluding diaryl/α,β-unsaturated/α-hetero) is 2. The predicted octanol–water partition coefficient (Wildman–Crippen LogP) is -1.09. The maximum absolute atomic E-state index is 12.9. The normalized spacial score (nSPS) is 11.7. The lowest BCUT2D eigenvalue weighted by Crippen LogP contribution is -2.52. The van der Waals surface area contributed by atoms with Gasteiger partial charge in [0.2, 0.25) is 18.2 Å². The molecule has 0 saturated heterocycles. The number of ketones is 2. The first-order valence-electron chi connectivity index (χ1n) is 12.9. The molecule has 8 N–H and O–H groups in total. The van der Waals surface area contributed by atoms with Crippen molar-refractivity contribution < 1.29 is 43.0 Å². The highest BCUT2D eigenvalue weighted by molar-refractivity contribution is 6.26. The quantitative estimate of drug-likeness (QED) is 0.0459. The molecular weight excluding hydrogens is 540 g/mol. The number of nitrogens with one attached hydrogen (secondary N) is 4. The zero-order valence-corrected chi connectivity index (χ0v) is 24.4. The van der Waals surface area contributed by atoms with Gasteiger partial charge >= 0.3 is 11.9 Å². The number of hydrogen-bond donors (Lipinski definition) is 6. The molecule has 3 unspecified atom stereocenters. The fraction of sp³-hybridized carbons (Fsp3) is 0.615. The maximum atomic E-state index is 12.9. The van der Waals surface area contributed by atoms with E-state index in [0.29, 0.717) is 6.21 Å². The molecule has 0 aromatic heterocycles. The first kappa shape index (κ1) is 41.5. The van der Waals surface area contributed by atoms with E-state index in [1.807, 2.05) is 14.1 Å². The summed E-state index contributed by atoms with van der Waals surface area (Å²) in [5, 5.41) is 14.7. The van der Waals surface area contributed by atoms with Gasteiger partial charge in [0.05, 0.1) is 25.3 Å². The van der Waals surface area contributed by atoms with Crippen molar-refractivity contribution in [3.8, 4) is 0 Å². The second-order valence-corrected chi connectivity index (χ2v) is 8.36. The lowest BCUT2D eigenvalue weighted by Gasteiger charge is -2.22. The Morgan fingerprint density at radius 2 is 1.49 bits per heavy atom. The van der Waals surface area contributed by atoms with Gasteiger partial charge in [0.15, 0.2) is 5.78 Å². The van der Waals surface area contributed by atoms with Gasteiger partial charge in [-0.2, -0.15) is 0 Å². The molecule has 0 aromatic carbocycles. The summed E-state index contributed by atoms with van der Waals surface area (Å²) in [6.45, 7) is 6.59. The maximum Gasteiger partial charge on any atom is 0.328 e. The SMILES string of the molecule is C=CCOC(=O)C(CCC(=O)C=N)NC(=O)C(CCC(=O)CN)NC(=O)CCC(C)C(=O)OCC.CNC.NC=O. The first-order valence-corrected chi connectivity index (χ1v) is 12.9. The standard InChI is InChI=1S/C23H36N4O8.C2H7N.CH3NO/c1-4-12-35-23(33)19(10-8-17(29)14-25)27-21(31)18(9-7-16(28)13-24)26-20(30)11-6-15(3)22(32)34-5-2;1-3-2;2-1-3/h4,14-15,18-19,25H,1,5-13,24H2,2-3H3,(H,26,30)(H,27,31);3H,1-2H3;1H,(H2,2,3). The van der Waals surface area contributed by atoms with Crippen molar-refractivity contribution in [3.63, 3.8) is 0 Å². The van der Waals surface area contributed by atoms with Gasteiger partial charge in [0, 0.05) is 19.3 Å². The summed E-state index contributed by atoms with van der Waals surface area (Å²) < 4.78 is 9.86. The van der Waals surface area contributed by atoms with Gasteiger partial charge in [0.1, 0.15) is 24.5 Å². The van der Waals surface area contributed by atoms with Gasteiger partial charge in [-0.25, -0.2) is 4.79 Å². The van der Waals surface area contributed by atoms with Crippen molar-refractivity contribution in [2.24, 2.45) is 17.4 Å². The lowest BCUT2D eigenvalue weighted by atomic mass is 10.0. The minimum absolute atomic E-state index is 0.0745. The van der Waals surface area contributed by atoms with Crippen LogP contribution < -0.4 is 27.4 Å². The van der Waals surface area contributed by atoms with Crippen molar-refractivity contribution in [1.82, 2.24) is 16.0 Å². The fourth-order valence-corrected chi connectivity index (χ4v) is 2.81. The average molecular weight is 587 g/mol. The van der Waals surface area contributed by atoms with E-state index in [0.717, 1.165) is 0 Å². The van der Waals surface area contributed by atoms with Gasteiger partial charge in [-0.3, -0.25) is 28.8 Å². The van der Waals surface area contributed by atoms with Crippen molar-refractivity contribution in [3.05, 3.63) is 12.7 Å². The Labute approximate surface area is 241 Å². The number of primary amides is 1.